The standard InChI is InChI=1S/C5H7NO3/c1-3-9-5(7)4(2)6-8/h2-3H2,1H3. The van der Waals surface area contributed by atoms with Crippen molar-refractivity contribution in [3.05, 3.63) is 17.2 Å². The van der Waals surface area contributed by atoms with Crippen LogP contribution in [0.5, 0.6) is 0 Å². The highest BCUT2D eigenvalue weighted by Gasteiger charge is 2.05. The summed E-state index contributed by atoms with van der Waals surface area (Å²) >= 11 is 0. The van der Waals surface area contributed by atoms with Gasteiger partial charge in [0.15, 0.2) is 5.70 Å². The van der Waals surface area contributed by atoms with Crippen molar-refractivity contribution < 1.29 is 9.53 Å². The summed E-state index contributed by atoms with van der Waals surface area (Å²) in [5, 5.41) is 2.29. The van der Waals surface area contributed by atoms with Gasteiger partial charge in [0.05, 0.1) is 6.61 Å². The lowest BCUT2D eigenvalue weighted by Crippen LogP contribution is -2.04. The van der Waals surface area contributed by atoms with Gasteiger partial charge in [0.1, 0.15) is 0 Å². The van der Waals surface area contributed by atoms with Crippen LogP contribution in [0.3, 0.4) is 0 Å². The summed E-state index contributed by atoms with van der Waals surface area (Å²) in [7, 11) is 0. The molecule has 0 amide bonds. The lowest BCUT2D eigenvalue weighted by Gasteiger charge is -1.94. The molecule has 9 heavy (non-hydrogen) atoms. The first-order valence-corrected chi connectivity index (χ1v) is 2.41. The Kier molecular flexibility index (Phi) is 3.27. The highest BCUT2D eigenvalue weighted by atomic mass is 16.5. The van der Waals surface area contributed by atoms with Crippen molar-refractivity contribution in [2.45, 2.75) is 6.92 Å². The SMILES string of the molecule is C=C(N=O)C(=O)OCC. The van der Waals surface area contributed by atoms with Gasteiger partial charge in [0.2, 0.25) is 0 Å². The summed E-state index contributed by atoms with van der Waals surface area (Å²) in [5.74, 6) is -0.757. The average molecular weight is 129 g/mol. The van der Waals surface area contributed by atoms with E-state index in [1.807, 2.05) is 0 Å². The van der Waals surface area contributed by atoms with E-state index >= 15 is 0 Å². The van der Waals surface area contributed by atoms with Crippen LogP contribution in [0.4, 0.5) is 0 Å². The summed E-state index contributed by atoms with van der Waals surface area (Å²) in [6.45, 7) is 4.90. The molecule has 0 rings (SSSR count). The van der Waals surface area contributed by atoms with E-state index in [4.69, 9.17) is 0 Å². The lowest BCUT2D eigenvalue weighted by molar-refractivity contribution is -0.138. The van der Waals surface area contributed by atoms with E-state index in [0.717, 1.165) is 0 Å². The van der Waals surface area contributed by atoms with Gasteiger partial charge < -0.3 is 4.74 Å². The van der Waals surface area contributed by atoms with E-state index < -0.39 is 11.7 Å². The van der Waals surface area contributed by atoms with Crippen molar-refractivity contribution in [2.24, 2.45) is 5.18 Å². The van der Waals surface area contributed by atoms with Crippen molar-refractivity contribution in [1.29, 1.82) is 0 Å². The van der Waals surface area contributed by atoms with Gasteiger partial charge in [-0.1, -0.05) is 6.58 Å². The summed E-state index contributed by atoms with van der Waals surface area (Å²) in [6, 6.07) is 0. The first-order chi connectivity index (χ1) is 4.22. The molecule has 0 aliphatic carbocycles. The van der Waals surface area contributed by atoms with Crippen LogP contribution >= 0.6 is 0 Å². The Labute approximate surface area is 52.5 Å². The number of nitrogens with zero attached hydrogens (tertiary/aromatic N) is 1. The lowest BCUT2D eigenvalue weighted by atomic mass is 10.5. The predicted octanol–water partition coefficient (Wildman–Crippen LogP) is 0.830. The highest BCUT2D eigenvalue weighted by molar-refractivity contribution is 5.87. The van der Waals surface area contributed by atoms with E-state index in [-0.39, 0.29) is 6.61 Å². The fraction of sp³-hybridized carbons (Fsp3) is 0.400. The Hall–Kier alpha value is -1.19. The van der Waals surface area contributed by atoms with Crippen LogP contribution in [0.2, 0.25) is 0 Å². The molecule has 0 saturated heterocycles. The van der Waals surface area contributed by atoms with Gasteiger partial charge in [-0.15, -0.1) is 4.91 Å². The number of hydrogen-bond donors (Lipinski definition) is 0. The second kappa shape index (κ2) is 3.77. The van der Waals surface area contributed by atoms with Crippen LogP contribution < -0.4 is 0 Å². The molecular weight excluding hydrogens is 122 g/mol. The molecular formula is C5H7NO3. The zero-order chi connectivity index (χ0) is 7.28. The van der Waals surface area contributed by atoms with Crippen LogP contribution in [-0.4, -0.2) is 12.6 Å². The van der Waals surface area contributed by atoms with Crippen LogP contribution in [0.25, 0.3) is 0 Å². The van der Waals surface area contributed by atoms with Gasteiger partial charge in [-0.25, -0.2) is 4.79 Å². The number of nitroso groups, excluding NO2 is 1. The number of ether oxygens (including phenoxy) is 1. The third-order valence-electron chi connectivity index (χ3n) is 0.621. The maximum atomic E-state index is 10.4. The number of esters is 1. The highest BCUT2D eigenvalue weighted by Crippen LogP contribution is 1.93. The molecule has 0 saturated carbocycles. The molecule has 4 nitrogen and oxygen atoms in total. The molecule has 0 radical (unpaired) electrons. The van der Waals surface area contributed by atoms with E-state index in [1.165, 1.54) is 0 Å². The second-order valence-electron chi connectivity index (χ2n) is 1.26. The van der Waals surface area contributed by atoms with Crippen LogP contribution in [0.1, 0.15) is 6.92 Å². The quantitative estimate of drug-likeness (QED) is 0.322. The molecule has 0 aromatic heterocycles. The van der Waals surface area contributed by atoms with Gasteiger partial charge in [-0.3, -0.25) is 0 Å². The number of carbonyl (C=O) groups is 1. The van der Waals surface area contributed by atoms with Crippen molar-refractivity contribution >= 4 is 5.97 Å². The maximum absolute atomic E-state index is 10.4. The zero-order valence-corrected chi connectivity index (χ0v) is 5.09. The Morgan fingerprint density at radius 1 is 1.78 bits per heavy atom. The van der Waals surface area contributed by atoms with Gasteiger partial charge in [-0.2, -0.15) is 0 Å². The van der Waals surface area contributed by atoms with E-state index in [0.29, 0.717) is 0 Å². The Morgan fingerprint density at radius 2 is 2.33 bits per heavy atom. The molecule has 0 unspecified atom stereocenters. The van der Waals surface area contributed by atoms with Crippen molar-refractivity contribution in [2.75, 3.05) is 6.61 Å². The summed E-state index contributed by atoms with van der Waals surface area (Å²) in [6.07, 6.45) is 0. The predicted molar refractivity (Wildman–Crippen MR) is 31.6 cm³/mol. The molecule has 50 valence electrons. The molecule has 0 heterocycles. The summed E-state index contributed by atoms with van der Waals surface area (Å²) < 4.78 is 4.36. The van der Waals surface area contributed by atoms with Gasteiger partial charge in [-0.05, 0) is 12.1 Å². The molecule has 0 aromatic carbocycles. The maximum Gasteiger partial charge on any atom is 0.359 e. The second-order valence-corrected chi connectivity index (χ2v) is 1.26. The molecule has 0 fully saturated rings. The smallest absolute Gasteiger partial charge is 0.359 e. The van der Waals surface area contributed by atoms with Crippen molar-refractivity contribution in [1.82, 2.24) is 0 Å². The topological polar surface area (TPSA) is 55.7 Å². The monoisotopic (exact) mass is 129 g/mol. The van der Waals surface area contributed by atoms with Crippen molar-refractivity contribution in [3.63, 3.8) is 0 Å². The molecule has 0 N–H and O–H groups in total. The van der Waals surface area contributed by atoms with E-state index in [1.54, 1.807) is 6.92 Å². The molecule has 0 aromatic rings. The first-order valence-electron chi connectivity index (χ1n) is 2.41. The van der Waals surface area contributed by atoms with Gasteiger partial charge in [0.25, 0.3) is 0 Å². The molecule has 4 heteroatoms. The third kappa shape index (κ3) is 2.58. The molecule has 0 bridgehead atoms. The fourth-order valence-corrected chi connectivity index (χ4v) is 0.252. The average Bonchev–Trinajstić information content (AvgIpc) is 1.87. The van der Waals surface area contributed by atoms with Crippen LogP contribution in [-0.2, 0) is 9.53 Å². The van der Waals surface area contributed by atoms with Gasteiger partial charge in [0, 0.05) is 0 Å². The van der Waals surface area contributed by atoms with Crippen molar-refractivity contribution in [3.8, 4) is 0 Å². The normalized spacial score (nSPS) is 8.11. The van der Waals surface area contributed by atoms with Gasteiger partial charge >= 0.3 is 5.97 Å². The third-order valence-corrected chi connectivity index (χ3v) is 0.621. The Morgan fingerprint density at radius 3 is 2.67 bits per heavy atom. The number of carbonyl (C=O) groups excluding carboxylic acids is 1. The minimum atomic E-state index is -0.757. The molecule has 0 aliphatic heterocycles. The zero-order valence-electron chi connectivity index (χ0n) is 5.09. The molecule has 0 spiro atoms. The minimum Gasteiger partial charge on any atom is -0.461 e. The van der Waals surface area contributed by atoms with E-state index in [2.05, 4.69) is 16.5 Å². The summed E-state index contributed by atoms with van der Waals surface area (Å²) in [4.78, 5) is 19.9. The van der Waals surface area contributed by atoms with E-state index in [9.17, 15) is 9.70 Å². The number of hydrogen-bond acceptors (Lipinski definition) is 4. The first kappa shape index (κ1) is 7.81. The molecule has 0 aliphatic rings. The van der Waals surface area contributed by atoms with Crippen LogP contribution in [0.15, 0.2) is 17.5 Å². The Bertz CT molecular complexity index is 141. The molecule has 0 atom stereocenters. The largest absolute Gasteiger partial charge is 0.461 e. The fourth-order valence-electron chi connectivity index (χ4n) is 0.252. The summed E-state index contributed by atoms with van der Waals surface area (Å²) in [5.41, 5.74) is -0.392. The van der Waals surface area contributed by atoms with Crippen LogP contribution in [0, 0.1) is 4.91 Å². The number of rotatable bonds is 3. The minimum absolute atomic E-state index is 0.230. The Balaban J connectivity index is 3.73.